The second-order valence-corrected chi connectivity index (χ2v) is 8.26. The molecule has 0 unspecified atom stereocenters. The van der Waals surface area contributed by atoms with Gasteiger partial charge in [0.15, 0.2) is 0 Å². The molecule has 6 aromatic rings. The van der Waals surface area contributed by atoms with Crippen LogP contribution in [0.15, 0.2) is 66.3 Å². The lowest BCUT2D eigenvalue weighted by molar-refractivity contribution is 1.02. The zero-order valence-corrected chi connectivity index (χ0v) is 17.3. The molecule has 0 fully saturated rings. The number of thiophene rings is 1. The Hall–Kier alpha value is -3.91. The lowest BCUT2D eigenvalue weighted by Gasteiger charge is -2.10. The van der Waals surface area contributed by atoms with Crippen molar-refractivity contribution in [2.75, 3.05) is 17.2 Å². The Kier molecular flexibility index (Phi) is 4.28. The lowest BCUT2D eigenvalue weighted by atomic mass is 10.1. The second kappa shape index (κ2) is 7.41. The summed E-state index contributed by atoms with van der Waals surface area (Å²) in [5.41, 5.74) is 4.39. The number of benzene rings is 2. The molecule has 2 aromatic carbocycles. The first-order chi connectivity index (χ1) is 15.3. The maximum absolute atomic E-state index is 4.76. The quantitative estimate of drug-likeness (QED) is 0.285. The first kappa shape index (κ1) is 17.9. The molecule has 0 aliphatic rings. The van der Waals surface area contributed by atoms with Gasteiger partial charge in [0.25, 0.3) is 0 Å². The van der Waals surface area contributed by atoms with Crippen molar-refractivity contribution in [2.45, 2.75) is 6.42 Å². The van der Waals surface area contributed by atoms with Crippen LogP contribution in [0.25, 0.3) is 32.0 Å². The van der Waals surface area contributed by atoms with Crippen LogP contribution >= 0.6 is 11.3 Å². The van der Waals surface area contributed by atoms with Crippen molar-refractivity contribution in [3.8, 4) is 0 Å². The Morgan fingerprint density at radius 1 is 0.968 bits per heavy atom. The van der Waals surface area contributed by atoms with Crippen molar-refractivity contribution < 1.29 is 0 Å². The summed E-state index contributed by atoms with van der Waals surface area (Å²) in [6.45, 7) is 0.782. The van der Waals surface area contributed by atoms with Crippen molar-refractivity contribution in [1.29, 1.82) is 0 Å². The van der Waals surface area contributed by atoms with Gasteiger partial charge in [-0.15, -0.1) is 11.3 Å². The molecule has 6 rings (SSSR count). The number of hydrogen-bond acceptors (Lipinski definition) is 6. The number of hydrogen-bond donors (Lipinski definition) is 4. The highest BCUT2D eigenvalue weighted by Crippen LogP contribution is 2.28. The van der Waals surface area contributed by atoms with Crippen LogP contribution in [0.3, 0.4) is 0 Å². The Bertz CT molecular complexity index is 1510. The van der Waals surface area contributed by atoms with Crippen molar-refractivity contribution in [3.05, 3.63) is 71.9 Å². The first-order valence-corrected chi connectivity index (χ1v) is 11.0. The van der Waals surface area contributed by atoms with Gasteiger partial charge in [-0.3, -0.25) is 5.10 Å². The predicted molar refractivity (Wildman–Crippen MR) is 127 cm³/mol. The third-order valence-electron chi connectivity index (χ3n) is 5.38. The van der Waals surface area contributed by atoms with E-state index in [1.165, 1.54) is 16.5 Å². The number of aromatic amines is 2. The zero-order valence-electron chi connectivity index (χ0n) is 16.5. The van der Waals surface area contributed by atoms with Crippen LogP contribution in [0.2, 0.25) is 0 Å². The smallest absolute Gasteiger partial charge is 0.230 e. The van der Waals surface area contributed by atoms with E-state index in [4.69, 9.17) is 4.98 Å². The lowest BCUT2D eigenvalue weighted by Crippen LogP contribution is -2.08. The van der Waals surface area contributed by atoms with E-state index in [0.29, 0.717) is 5.95 Å². The average Bonchev–Trinajstić information content (AvgIpc) is 3.53. The minimum atomic E-state index is 0.576. The van der Waals surface area contributed by atoms with E-state index in [0.717, 1.165) is 45.6 Å². The van der Waals surface area contributed by atoms with E-state index in [2.05, 4.69) is 61.3 Å². The van der Waals surface area contributed by atoms with Gasteiger partial charge in [-0.1, -0.05) is 18.2 Å². The number of rotatable bonds is 6. The number of para-hydroxylation sites is 1. The summed E-state index contributed by atoms with van der Waals surface area (Å²) in [6.07, 6.45) is 4.80. The highest BCUT2D eigenvalue weighted by molar-refractivity contribution is 7.16. The van der Waals surface area contributed by atoms with Crippen LogP contribution < -0.4 is 10.6 Å². The fraction of sp³-hybridized carbons (Fsp3) is 0.0870. The molecule has 7 nitrogen and oxygen atoms in total. The topological polar surface area (TPSA) is 94.3 Å². The molecule has 8 heteroatoms. The van der Waals surface area contributed by atoms with Crippen molar-refractivity contribution in [3.63, 3.8) is 0 Å². The fourth-order valence-corrected chi connectivity index (χ4v) is 4.61. The second-order valence-electron chi connectivity index (χ2n) is 7.37. The van der Waals surface area contributed by atoms with Gasteiger partial charge in [-0.2, -0.15) is 10.1 Å². The Morgan fingerprint density at radius 2 is 1.94 bits per heavy atom. The highest BCUT2D eigenvalue weighted by atomic mass is 32.1. The minimum Gasteiger partial charge on any atom is -0.369 e. The number of H-pyrrole nitrogens is 2. The van der Waals surface area contributed by atoms with Gasteiger partial charge in [0.05, 0.1) is 17.1 Å². The normalized spacial score (nSPS) is 11.5. The molecule has 4 N–H and O–H groups in total. The number of nitrogens with zero attached hydrogens (tertiary/aromatic N) is 3. The molecule has 0 aliphatic heterocycles. The highest BCUT2D eigenvalue weighted by Gasteiger charge is 2.10. The third-order valence-corrected chi connectivity index (χ3v) is 6.19. The monoisotopic (exact) mass is 425 g/mol. The van der Waals surface area contributed by atoms with Gasteiger partial charge in [0.1, 0.15) is 10.6 Å². The molecule has 4 heterocycles. The summed E-state index contributed by atoms with van der Waals surface area (Å²) in [7, 11) is 0. The number of nitrogens with one attached hydrogen (secondary N) is 4. The summed E-state index contributed by atoms with van der Waals surface area (Å²) in [4.78, 5) is 13.7. The van der Waals surface area contributed by atoms with Gasteiger partial charge in [-0.25, -0.2) is 4.98 Å². The molecule has 0 bridgehead atoms. The van der Waals surface area contributed by atoms with E-state index in [-0.39, 0.29) is 0 Å². The van der Waals surface area contributed by atoms with E-state index in [9.17, 15) is 0 Å². The van der Waals surface area contributed by atoms with Crippen LogP contribution in [0, 0.1) is 0 Å². The summed E-state index contributed by atoms with van der Waals surface area (Å²) in [6, 6.07) is 16.5. The number of aromatic nitrogens is 5. The molecule has 0 amide bonds. The van der Waals surface area contributed by atoms with Crippen LogP contribution in [0.4, 0.5) is 17.5 Å². The fourth-order valence-electron chi connectivity index (χ4n) is 3.85. The zero-order chi connectivity index (χ0) is 20.6. The van der Waals surface area contributed by atoms with Crippen molar-refractivity contribution >= 4 is 60.8 Å². The summed E-state index contributed by atoms with van der Waals surface area (Å²) >= 11 is 1.61. The molecule has 0 atom stereocenters. The van der Waals surface area contributed by atoms with Crippen LogP contribution in [0.5, 0.6) is 0 Å². The molecule has 0 spiro atoms. The first-order valence-electron chi connectivity index (χ1n) is 10.1. The molecule has 4 aromatic heterocycles. The number of anilines is 3. The third kappa shape index (κ3) is 3.36. The average molecular weight is 426 g/mol. The van der Waals surface area contributed by atoms with E-state index >= 15 is 0 Å². The van der Waals surface area contributed by atoms with Crippen LogP contribution in [-0.4, -0.2) is 31.7 Å². The molecule has 0 saturated carbocycles. The molecule has 152 valence electrons. The van der Waals surface area contributed by atoms with Crippen molar-refractivity contribution in [1.82, 2.24) is 25.1 Å². The van der Waals surface area contributed by atoms with Gasteiger partial charge >= 0.3 is 0 Å². The van der Waals surface area contributed by atoms with E-state index in [1.54, 1.807) is 11.3 Å². The Labute approximate surface area is 181 Å². The van der Waals surface area contributed by atoms with Crippen LogP contribution in [-0.2, 0) is 6.42 Å². The maximum Gasteiger partial charge on any atom is 0.230 e. The van der Waals surface area contributed by atoms with Gasteiger partial charge < -0.3 is 15.6 Å². The Morgan fingerprint density at radius 3 is 2.94 bits per heavy atom. The largest absolute Gasteiger partial charge is 0.369 e. The van der Waals surface area contributed by atoms with Gasteiger partial charge in [0.2, 0.25) is 5.95 Å². The summed E-state index contributed by atoms with van der Waals surface area (Å²) in [5, 5.41) is 19.3. The van der Waals surface area contributed by atoms with Crippen molar-refractivity contribution in [2.24, 2.45) is 0 Å². The van der Waals surface area contributed by atoms with E-state index in [1.807, 2.05) is 35.8 Å². The Balaban J connectivity index is 1.24. The molecule has 31 heavy (non-hydrogen) atoms. The molecular formula is C23H19N7S. The molecule has 0 aliphatic carbocycles. The standard InChI is InChI=1S/C23H19N7S/c1-2-4-20-17(3-1)14(12-25-20)7-9-24-21-18-8-10-31-22(18)29-23(28-21)27-16-5-6-19-15(11-16)13-26-30-19/h1-6,8,10-13,25H,7,9H2,(H,26,30)(H2,24,27,28,29). The SMILES string of the molecule is c1ccc2c(CCNc3nc(Nc4ccc5[nH]ncc5c4)nc4sccc34)c[nH]c2c1. The molecule has 0 radical (unpaired) electrons. The molecule has 0 saturated heterocycles. The number of fused-ring (bicyclic) bond motifs is 3. The maximum atomic E-state index is 4.76. The predicted octanol–water partition coefficient (Wildman–Crippen LogP) is 5.45. The van der Waals surface area contributed by atoms with Gasteiger partial charge in [0, 0.05) is 34.7 Å². The van der Waals surface area contributed by atoms with Gasteiger partial charge in [-0.05, 0) is 47.7 Å². The summed E-state index contributed by atoms with van der Waals surface area (Å²) < 4.78 is 0. The van der Waals surface area contributed by atoms with Crippen LogP contribution in [0.1, 0.15) is 5.56 Å². The minimum absolute atomic E-state index is 0.576. The summed E-state index contributed by atoms with van der Waals surface area (Å²) in [5.74, 6) is 1.42. The van der Waals surface area contributed by atoms with E-state index < -0.39 is 0 Å². The molecular weight excluding hydrogens is 406 g/mol.